The minimum absolute atomic E-state index is 0.0771. The maximum atomic E-state index is 11.8. The summed E-state index contributed by atoms with van der Waals surface area (Å²) in [6, 6.07) is 4.37. The van der Waals surface area contributed by atoms with Gasteiger partial charge in [0.05, 0.1) is 9.79 Å². The monoisotopic (exact) mass is 292 g/mol. The first-order valence-corrected chi connectivity index (χ1v) is 9.09. The molecule has 0 amide bonds. The highest BCUT2D eigenvalue weighted by molar-refractivity contribution is 7.93. The highest BCUT2D eigenvalue weighted by Crippen LogP contribution is 2.25. The van der Waals surface area contributed by atoms with Gasteiger partial charge in [0, 0.05) is 19.1 Å². The van der Waals surface area contributed by atoms with Crippen LogP contribution in [0.1, 0.15) is 12.0 Å². The maximum absolute atomic E-state index is 11.8. The van der Waals surface area contributed by atoms with Crippen molar-refractivity contribution in [2.24, 2.45) is 0 Å². The standard InChI is InChI=1S/C11H16O5S2/c1-17(13,14)10-7-3-5-9(6-4-8-12)11(10)18(2,15)16/h3,5,7,12H,4,6,8H2,1-2H3. The van der Waals surface area contributed by atoms with Gasteiger partial charge < -0.3 is 5.11 Å². The fourth-order valence-corrected chi connectivity index (χ4v) is 4.52. The molecule has 5 nitrogen and oxygen atoms in total. The third kappa shape index (κ3) is 3.54. The van der Waals surface area contributed by atoms with E-state index in [1.807, 2.05) is 0 Å². The summed E-state index contributed by atoms with van der Waals surface area (Å²) < 4.78 is 46.7. The van der Waals surface area contributed by atoms with E-state index in [-0.39, 0.29) is 16.4 Å². The second kappa shape index (κ2) is 5.38. The lowest BCUT2D eigenvalue weighted by atomic mass is 10.1. The lowest BCUT2D eigenvalue weighted by Crippen LogP contribution is -2.11. The zero-order valence-electron chi connectivity index (χ0n) is 10.3. The van der Waals surface area contributed by atoms with Crippen LogP contribution in [-0.2, 0) is 26.1 Å². The van der Waals surface area contributed by atoms with E-state index >= 15 is 0 Å². The van der Waals surface area contributed by atoms with Gasteiger partial charge in [0.2, 0.25) is 0 Å². The third-order valence-corrected chi connectivity index (χ3v) is 4.93. The number of aliphatic hydroxyl groups excluding tert-OH is 1. The van der Waals surface area contributed by atoms with Gasteiger partial charge in [-0.05, 0) is 24.5 Å². The zero-order valence-corrected chi connectivity index (χ0v) is 11.9. The average molecular weight is 292 g/mol. The Hall–Kier alpha value is -0.920. The highest BCUT2D eigenvalue weighted by Gasteiger charge is 2.23. The second-order valence-corrected chi connectivity index (χ2v) is 8.05. The van der Waals surface area contributed by atoms with Crippen molar-refractivity contribution in [3.8, 4) is 0 Å². The third-order valence-electron chi connectivity index (χ3n) is 2.43. The van der Waals surface area contributed by atoms with Crippen molar-refractivity contribution in [2.75, 3.05) is 19.1 Å². The summed E-state index contributed by atoms with van der Waals surface area (Å²) in [7, 11) is -7.24. The quantitative estimate of drug-likeness (QED) is 0.849. The Balaban J connectivity index is 3.56. The molecule has 0 heterocycles. The van der Waals surface area contributed by atoms with E-state index in [1.165, 1.54) is 12.1 Å². The minimum Gasteiger partial charge on any atom is -0.396 e. The lowest BCUT2D eigenvalue weighted by Gasteiger charge is -2.11. The number of aliphatic hydroxyl groups is 1. The molecule has 0 saturated carbocycles. The van der Waals surface area contributed by atoms with E-state index in [4.69, 9.17) is 5.11 Å². The van der Waals surface area contributed by atoms with Gasteiger partial charge in [-0.2, -0.15) is 0 Å². The van der Waals surface area contributed by atoms with Crippen molar-refractivity contribution in [1.29, 1.82) is 0 Å². The molecule has 0 saturated heterocycles. The van der Waals surface area contributed by atoms with E-state index in [0.717, 1.165) is 12.5 Å². The van der Waals surface area contributed by atoms with Gasteiger partial charge >= 0.3 is 0 Å². The smallest absolute Gasteiger partial charge is 0.177 e. The van der Waals surface area contributed by atoms with Crippen molar-refractivity contribution in [3.05, 3.63) is 23.8 Å². The molecule has 102 valence electrons. The molecule has 1 N–H and O–H groups in total. The molecular formula is C11H16O5S2. The Morgan fingerprint density at radius 3 is 2.11 bits per heavy atom. The van der Waals surface area contributed by atoms with Gasteiger partial charge in [-0.3, -0.25) is 0 Å². The van der Waals surface area contributed by atoms with Gasteiger partial charge in [0.15, 0.2) is 19.7 Å². The molecule has 18 heavy (non-hydrogen) atoms. The molecular weight excluding hydrogens is 276 g/mol. The largest absolute Gasteiger partial charge is 0.396 e. The van der Waals surface area contributed by atoms with Crippen LogP contribution in [0.15, 0.2) is 28.0 Å². The van der Waals surface area contributed by atoms with Crippen LogP contribution in [0.3, 0.4) is 0 Å². The van der Waals surface area contributed by atoms with Crippen LogP contribution in [-0.4, -0.2) is 41.1 Å². The second-order valence-electron chi connectivity index (χ2n) is 4.12. The van der Waals surface area contributed by atoms with E-state index in [1.54, 1.807) is 6.07 Å². The van der Waals surface area contributed by atoms with Crippen molar-refractivity contribution in [2.45, 2.75) is 22.6 Å². The Labute approximate surface area is 107 Å². The first-order valence-electron chi connectivity index (χ1n) is 5.31. The molecule has 0 atom stereocenters. The molecule has 0 radical (unpaired) electrons. The maximum Gasteiger partial charge on any atom is 0.177 e. The van der Waals surface area contributed by atoms with Gasteiger partial charge in [0.1, 0.15) is 0 Å². The number of sulfone groups is 2. The van der Waals surface area contributed by atoms with Crippen molar-refractivity contribution < 1.29 is 21.9 Å². The fraction of sp³-hybridized carbons (Fsp3) is 0.455. The van der Waals surface area contributed by atoms with Crippen LogP contribution < -0.4 is 0 Å². The Bertz CT molecular complexity index is 629. The molecule has 0 aliphatic carbocycles. The number of benzene rings is 1. The molecule has 0 unspecified atom stereocenters. The van der Waals surface area contributed by atoms with Gasteiger partial charge in [0.25, 0.3) is 0 Å². The molecule has 0 spiro atoms. The van der Waals surface area contributed by atoms with E-state index in [2.05, 4.69) is 0 Å². The van der Waals surface area contributed by atoms with Gasteiger partial charge in [-0.1, -0.05) is 12.1 Å². The molecule has 0 aliphatic rings. The number of hydrogen-bond acceptors (Lipinski definition) is 5. The SMILES string of the molecule is CS(=O)(=O)c1cccc(CCCO)c1S(C)(=O)=O. The molecule has 7 heteroatoms. The molecule has 1 rings (SSSR count). The summed E-state index contributed by atoms with van der Waals surface area (Å²) in [4.78, 5) is -0.332. The van der Waals surface area contributed by atoms with Crippen molar-refractivity contribution in [3.63, 3.8) is 0 Å². The topological polar surface area (TPSA) is 88.5 Å². The summed E-state index contributed by atoms with van der Waals surface area (Å²) in [5, 5.41) is 8.78. The van der Waals surface area contributed by atoms with Crippen LogP contribution in [0, 0.1) is 0 Å². The van der Waals surface area contributed by atoms with Crippen LogP contribution in [0.5, 0.6) is 0 Å². The number of hydrogen-bond donors (Lipinski definition) is 1. The van der Waals surface area contributed by atoms with Crippen LogP contribution in [0.25, 0.3) is 0 Å². The normalized spacial score (nSPS) is 12.6. The van der Waals surface area contributed by atoms with E-state index in [9.17, 15) is 16.8 Å². The predicted molar refractivity (Wildman–Crippen MR) is 68.1 cm³/mol. The lowest BCUT2D eigenvalue weighted by molar-refractivity contribution is 0.288. The Morgan fingerprint density at radius 2 is 1.67 bits per heavy atom. The number of rotatable bonds is 5. The molecule has 0 aromatic heterocycles. The molecule has 0 fully saturated rings. The average Bonchev–Trinajstić information content (AvgIpc) is 2.23. The summed E-state index contributed by atoms with van der Waals surface area (Å²) >= 11 is 0. The highest BCUT2D eigenvalue weighted by atomic mass is 32.2. The molecule has 1 aromatic carbocycles. The first kappa shape index (κ1) is 15.1. The number of aryl methyl sites for hydroxylation is 1. The summed E-state index contributed by atoms with van der Waals surface area (Å²) in [5.41, 5.74) is 0.425. The molecule has 0 bridgehead atoms. The van der Waals surface area contributed by atoms with Crippen LogP contribution in [0.2, 0.25) is 0 Å². The van der Waals surface area contributed by atoms with Gasteiger partial charge in [-0.15, -0.1) is 0 Å². The molecule has 0 aliphatic heterocycles. The first-order chi connectivity index (χ1) is 8.18. The van der Waals surface area contributed by atoms with E-state index < -0.39 is 19.7 Å². The summed E-state index contributed by atoms with van der Waals surface area (Å²) in [5.74, 6) is 0. The summed E-state index contributed by atoms with van der Waals surface area (Å²) in [6.07, 6.45) is 2.67. The molecule has 1 aromatic rings. The fourth-order valence-electron chi connectivity index (χ4n) is 1.74. The van der Waals surface area contributed by atoms with Gasteiger partial charge in [-0.25, -0.2) is 16.8 Å². The summed E-state index contributed by atoms with van der Waals surface area (Å²) in [6.45, 7) is -0.0771. The van der Waals surface area contributed by atoms with E-state index in [0.29, 0.717) is 18.4 Å². The predicted octanol–water partition coefficient (Wildman–Crippen LogP) is 0.419. The Morgan fingerprint density at radius 1 is 1.06 bits per heavy atom. The van der Waals surface area contributed by atoms with Crippen LogP contribution >= 0.6 is 0 Å². The minimum atomic E-state index is -3.64. The zero-order chi connectivity index (χ0) is 14.0. The van der Waals surface area contributed by atoms with Crippen LogP contribution in [0.4, 0.5) is 0 Å². The van der Waals surface area contributed by atoms with Crippen molar-refractivity contribution >= 4 is 19.7 Å². The Kier molecular flexibility index (Phi) is 4.52. The van der Waals surface area contributed by atoms with Crippen molar-refractivity contribution in [1.82, 2.24) is 0 Å².